The van der Waals surface area contributed by atoms with Crippen LogP contribution in [0.5, 0.6) is 11.5 Å². The van der Waals surface area contributed by atoms with Crippen molar-refractivity contribution in [2.75, 3.05) is 20.3 Å². The van der Waals surface area contributed by atoms with Crippen molar-refractivity contribution in [1.82, 2.24) is 4.90 Å². The van der Waals surface area contributed by atoms with Gasteiger partial charge in [0.05, 0.1) is 13.7 Å². The lowest BCUT2D eigenvalue weighted by molar-refractivity contribution is -0.138. The molecule has 1 fully saturated rings. The zero-order chi connectivity index (χ0) is 13.7. The minimum absolute atomic E-state index is 0.0746. The van der Waals surface area contributed by atoms with E-state index < -0.39 is 0 Å². The Bertz CT molecular complexity index is 439. The summed E-state index contributed by atoms with van der Waals surface area (Å²) in [6, 6.07) is 7.29. The zero-order valence-electron chi connectivity index (χ0n) is 10.9. The molecular weight excluding hydrogens is 246 g/mol. The summed E-state index contributed by atoms with van der Waals surface area (Å²) >= 11 is 0. The van der Waals surface area contributed by atoms with E-state index in [0.29, 0.717) is 32.4 Å². The predicted molar refractivity (Wildman–Crippen MR) is 69.1 cm³/mol. The average molecular weight is 263 g/mol. The zero-order valence-corrected chi connectivity index (χ0v) is 10.9. The third-order valence-corrected chi connectivity index (χ3v) is 3.01. The molecule has 0 spiro atoms. The number of ether oxygens (including phenoxy) is 2. The number of methoxy groups -OCH3 is 1. The van der Waals surface area contributed by atoms with E-state index in [1.54, 1.807) is 7.11 Å². The third kappa shape index (κ3) is 3.47. The second-order valence-corrected chi connectivity index (χ2v) is 4.32. The molecule has 0 radical (unpaired) electrons. The van der Waals surface area contributed by atoms with E-state index in [1.165, 1.54) is 4.90 Å². The van der Waals surface area contributed by atoms with Crippen molar-refractivity contribution < 1.29 is 19.1 Å². The smallest absolute Gasteiger partial charge is 0.229 e. The number of imide groups is 1. The summed E-state index contributed by atoms with van der Waals surface area (Å²) in [6.45, 7) is 0.914. The largest absolute Gasteiger partial charge is 0.497 e. The lowest BCUT2D eigenvalue weighted by Gasteiger charge is -2.13. The van der Waals surface area contributed by atoms with Crippen LogP contribution in [0.3, 0.4) is 0 Å². The fraction of sp³-hybridized carbons (Fsp3) is 0.429. The maximum atomic E-state index is 11.4. The van der Waals surface area contributed by atoms with Crippen LogP contribution in [-0.4, -0.2) is 37.0 Å². The predicted octanol–water partition coefficient (Wildman–Crippen LogP) is 1.61. The van der Waals surface area contributed by atoms with E-state index in [4.69, 9.17) is 9.47 Å². The molecule has 1 aromatic carbocycles. The number of amides is 2. The molecule has 1 saturated heterocycles. The van der Waals surface area contributed by atoms with Gasteiger partial charge in [0.25, 0.3) is 0 Å². The van der Waals surface area contributed by atoms with Gasteiger partial charge in [0, 0.05) is 19.4 Å². The molecular formula is C14H17NO4. The number of nitrogens with zero attached hydrogens (tertiary/aromatic N) is 1. The monoisotopic (exact) mass is 263 g/mol. The highest BCUT2D eigenvalue weighted by molar-refractivity contribution is 6.01. The molecule has 0 N–H and O–H groups in total. The van der Waals surface area contributed by atoms with Crippen LogP contribution in [-0.2, 0) is 9.59 Å². The molecule has 0 saturated carbocycles. The number of rotatable bonds is 6. The summed E-state index contributed by atoms with van der Waals surface area (Å²) in [4.78, 5) is 24.1. The standard InChI is InChI=1S/C14H17NO4/c1-18-11-3-5-12(6-4-11)19-10-2-9-15-13(16)7-8-14(15)17/h3-6H,2,7-10H2,1H3. The van der Waals surface area contributed by atoms with Crippen LogP contribution in [0.25, 0.3) is 0 Å². The lowest BCUT2D eigenvalue weighted by atomic mass is 10.3. The fourth-order valence-electron chi connectivity index (χ4n) is 1.96. The molecule has 5 nitrogen and oxygen atoms in total. The number of carbonyl (C=O) groups is 2. The Balaban J connectivity index is 1.71. The summed E-state index contributed by atoms with van der Waals surface area (Å²) < 4.78 is 10.6. The highest BCUT2D eigenvalue weighted by Gasteiger charge is 2.27. The average Bonchev–Trinajstić information content (AvgIpc) is 2.75. The molecule has 2 amide bonds. The first-order chi connectivity index (χ1) is 9.20. The molecule has 0 unspecified atom stereocenters. The van der Waals surface area contributed by atoms with Crippen molar-refractivity contribution in [2.24, 2.45) is 0 Å². The van der Waals surface area contributed by atoms with Gasteiger partial charge in [0.2, 0.25) is 11.8 Å². The van der Waals surface area contributed by atoms with Crippen molar-refractivity contribution in [1.29, 1.82) is 0 Å². The van der Waals surface area contributed by atoms with Gasteiger partial charge in [-0.3, -0.25) is 14.5 Å². The molecule has 1 heterocycles. The molecule has 0 aliphatic carbocycles. The van der Waals surface area contributed by atoms with Crippen molar-refractivity contribution in [3.05, 3.63) is 24.3 Å². The molecule has 5 heteroatoms. The van der Waals surface area contributed by atoms with Gasteiger partial charge in [-0.25, -0.2) is 0 Å². The van der Waals surface area contributed by atoms with Crippen molar-refractivity contribution in [3.8, 4) is 11.5 Å². The van der Waals surface area contributed by atoms with Gasteiger partial charge in [-0.1, -0.05) is 0 Å². The van der Waals surface area contributed by atoms with E-state index in [2.05, 4.69) is 0 Å². The van der Waals surface area contributed by atoms with Crippen molar-refractivity contribution in [2.45, 2.75) is 19.3 Å². The normalized spacial score (nSPS) is 14.9. The number of hydrogen-bond donors (Lipinski definition) is 0. The quantitative estimate of drug-likeness (QED) is 0.578. The Labute approximate surface area is 112 Å². The summed E-state index contributed by atoms with van der Waals surface area (Å²) in [6.07, 6.45) is 1.33. The van der Waals surface area contributed by atoms with E-state index in [9.17, 15) is 9.59 Å². The van der Waals surface area contributed by atoms with E-state index in [-0.39, 0.29) is 11.8 Å². The van der Waals surface area contributed by atoms with Crippen molar-refractivity contribution >= 4 is 11.8 Å². The molecule has 2 rings (SSSR count). The van der Waals surface area contributed by atoms with Gasteiger partial charge in [0.15, 0.2) is 0 Å². The number of carbonyl (C=O) groups excluding carboxylic acids is 2. The van der Waals surface area contributed by atoms with Crippen LogP contribution < -0.4 is 9.47 Å². The number of benzene rings is 1. The Morgan fingerprint density at radius 3 is 2.21 bits per heavy atom. The SMILES string of the molecule is COc1ccc(OCCCN2C(=O)CCC2=O)cc1. The summed E-state index contributed by atoms with van der Waals surface area (Å²) in [5.74, 6) is 1.38. The number of hydrogen-bond acceptors (Lipinski definition) is 4. The Kier molecular flexibility index (Phi) is 4.39. The maximum Gasteiger partial charge on any atom is 0.229 e. The van der Waals surface area contributed by atoms with Crippen LogP contribution in [0.2, 0.25) is 0 Å². The molecule has 0 bridgehead atoms. The first-order valence-corrected chi connectivity index (χ1v) is 6.31. The molecule has 1 aliphatic heterocycles. The van der Waals surface area contributed by atoms with Gasteiger partial charge in [-0.15, -0.1) is 0 Å². The first kappa shape index (κ1) is 13.4. The van der Waals surface area contributed by atoms with Gasteiger partial charge < -0.3 is 9.47 Å². The number of likely N-dealkylation sites (tertiary alicyclic amines) is 1. The minimum atomic E-state index is -0.0746. The fourth-order valence-corrected chi connectivity index (χ4v) is 1.96. The second kappa shape index (κ2) is 6.22. The maximum absolute atomic E-state index is 11.4. The van der Waals surface area contributed by atoms with Gasteiger partial charge in [-0.2, -0.15) is 0 Å². The molecule has 102 valence electrons. The van der Waals surface area contributed by atoms with Crippen LogP contribution in [0.1, 0.15) is 19.3 Å². The second-order valence-electron chi connectivity index (χ2n) is 4.32. The van der Waals surface area contributed by atoms with Crippen LogP contribution >= 0.6 is 0 Å². The Morgan fingerprint density at radius 1 is 1.05 bits per heavy atom. The summed E-state index contributed by atoms with van der Waals surface area (Å²) in [5, 5.41) is 0. The van der Waals surface area contributed by atoms with Gasteiger partial charge in [-0.05, 0) is 30.7 Å². The summed E-state index contributed by atoms with van der Waals surface area (Å²) in [5.41, 5.74) is 0. The molecule has 1 aliphatic rings. The van der Waals surface area contributed by atoms with Gasteiger partial charge in [0.1, 0.15) is 11.5 Å². The van der Waals surface area contributed by atoms with E-state index in [1.807, 2.05) is 24.3 Å². The Morgan fingerprint density at radius 2 is 1.63 bits per heavy atom. The molecule has 19 heavy (non-hydrogen) atoms. The molecule has 1 aromatic rings. The van der Waals surface area contributed by atoms with Crippen LogP contribution in [0.15, 0.2) is 24.3 Å². The Hall–Kier alpha value is -2.04. The van der Waals surface area contributed by atoms with Crippen LogP contribution in [0.4, 0.5) is 0 Å². The van der Waals surface area contributed by atoms with Crippen molar-refractivity contribution in [3.63, 3.8) is 0 Å². The summed E-state index contributed by atoms with van der Waals surface area (Å²) in [7, 11) is 1.61. The highest BCUT2D eigenvalue weighted by atomic mass is 16.5. The molecule has 0 aromatic heterocycles. The van der Waals surface area contributed by atoms with E-state index in [0.717, 1.165) is 11.5 Å². The first-order valence-electron chi connectivity index (χ1n) is 6.31. The van der Waals surface area contributed by atoms with Crippen LogP contribution in [0, 0.1) is 0 Å². The lowest BCUT2D eigenvalue weighted by Crippen LogP contribution is -2.30. The third-order valence-electron chi connectivity index (χ3n) is 3.01. The molecule has 0 atom stereocenters. The van der Waals surface area contributed by atoms with Gasteiger partial charge >= 0.3 is 0 Å². The highest BCUT2D eigenvalue weighted by Crippen LogP contribution is 2.17. The minimum Gasteiger partial charge on any atom is -0.497 e. The topological polar surface area (TPSA) is 55.8 Å². The van der Waals surface area contributed by atoms with E-state index >= 15 is 0 Å².